The lowest BCUT2D eigenvalue weighted by Gasteiger charge is -2.35. The Hall–Kier alpha value is -3.38. The zero-order valence-corrected chi connectivity index (χ0v) is 19.2. The molecule has 1 saturated heterocycles. The molecule has 1 aliphatic rings. The molecule has 0 aromatic heterocycles. The van der Waals surface area contributed by atoms with Gasteiger partial charge < -0.3 is 5.32 Å². The number of carbonyl (C=O) groups excluding carboxylic acids is 3. The molecule has 6 heteroatoms. The van der Waals surface area contributed by atoms with Crippen LogP contribution >= 0.6 is 11.8 Å². The van der Waals surface area contributed by atoms with Crippen LogP contribution in [0.15, 0.2) is 89.8 Å². The van der Waals surface area contributed by atoms with Crippen LogP contribution in [0.4, 0.5) is 5.69 Å². The number of thioether (sulfide) groups is 1. The third-order valence-electron chi connectivity index (χ3n) is 6.11. The van der Waals surface area contributed by atoms with Crippen molar-refractivity contribution >= 4 is 35.2 Å². The molecular weight excluding hydrogens is 432 g/mol. The van der Waals surface area contributed by atoms with Gasteiger partial charge in [0.05, 0.1) is 5.41 Å². The summed E-state index contributed by atoms with van der Waals surface area (Å²) in [6.07, 6.45) is 1.42. The lowest BCUT2D eigenvalue weighted by Crippen LogP contribution is -2.51. The van der Waals surface area contributed by atoms with Gasteiger partial charge >= 0.3 is 0 Å². The molecule has 168 valence electrons. The van der Waals surface area contributed by atoms with Crippen LogP contribution in [0.2, 0.25) is 0 Å². The van der Waals surface area contributed by atoms with Crippen molar-refractivity contribution in [3.8, 4) is 0 Å². The van der Waals surface area contributed by atoms with Gasteiger partial charge in [0.1, 0.15) is 5.25 Å². The lowest BCUT2D eigenvalue weighted by atomic mass is 9.72. The Balaban J connectivity index is 1.54. The molecule has 0 radical (unpaired) electrons. The first-order chi connectivity index (χ1) is 16.0. The van der Waals surface area contributed by atoms with Crippen molar-refractivity contribution in [1.29, 1.82) is 0 Å². The van der Waals surface area contributed by atoms with Crippen molar-refractivity contribution in [3.05, 3.63) is 96.1 Å². The third kappa shape index (κ3) is 5.01. The standard InChI is InChI=1S/C27H26N2O3S/c1-2-27(18-17-23(30)29-26(27)32)20-13-15-21(16-14-20)28-25(31)24(19-9-5-3-6-10-19)33-22-11-7-4-8-12-22/h3-16,24H,2,17-18H2,1H3,(H,28,31)(H,29,30,32). The predicted octanol–water partition coefficient (Wildman–Crippen LogP) is 5.24. The van der Waals surface area contributed by atoms with E-state index in [1.807, 2.05) is 91.9 Å². The van der Waals surface area contributed by atoms with Crippen LogP contribution in [0, 0.1) is 0 Å². The summed E-state index contributed by atoms with van der Waals surface area (Å²) in [6.45, 7) is 1.95. The third-order valence-corrected chi connectivity index (χ3v) is 7.38. The minimum atomic E-state index is -0.716. The zero-order chi connectivity index (χ0) is 23.3. The highest BCUT2D eigenvalue weighted by Crippen LogP contribution is 2.38. The molecule has 2 N–H and O–H groups in total. The summed E-state index contributed by atoms with van der Waals surface area (Å²) in [4.78, 5) is 38.5. The van der Waals surface area contributed by atoms with Gasteiger partial charge in [-0.25, -0.2) is 0 Å². The lowest BCUT2D eigenvalue weighted by molar-refractivity contribution is -0.138. The summed E-state index contributed by atoms with van der Waals surface area (Å²) < 4.78 is 0. The number of amides is 3. The number of piperidine rings is 1. The van der Waals surface area contributed by atoms with Crippen LogP contribution in [0.25, 0.3) is 0 Å². The number of imide groups is 1. The monoisotopic (exact) mass is 458 g/mol. The fraction of sp³-hybridized carbons (Fsp3) is 0.222. The Bertz CT molecular complexity index is 1130. The van der Waals surface area contributed by atoms with Gasteiger partial charge in [-0.1, -0.05) is 67.6 Å². The van der Waals surface area contributed by atoms with E-state index in [9.17, 15) is 14.4 Å². The highest BCUT2D eigenvalue weighted by molar-refractivity contribution is 8.00. The minimum Gasteiger partial charge on any atom is -0.325 e. The van der Waals surface area contributed by atoms with Crippen LogP contribution < -0.4 is 10.6 Å². The van der Waals surface area contributed by atoms with Crippen molar-refractivity contribution in [1.82, 2.24) is 5.32 Å². The van der Waals surface area contributed by atoms with Crippen LogP contribution in [0.3, 0.4) is 0 Å². The fourth-order valence-electron chi connectivity index (χ4n) is 4.18. The summed E-state index contributed by atoms with van der Waals surface area (Å²) in [7, 11) is 0. The normalized spacial score (nSPS) is 18.9. The number of carbonyl (C=O) groups is 3. The Morgan fingerprint density at radius 2 is 1.61 bits per heavy atom. The molecular formula is C27H26N2O3S. The maximum atomic E-state index is 13.3. The Labute approximate surface area is 198 Å². The molecule has 3 aromatic rings. The predicted molar refractivity (Wildman–Crippen MR) is 131 cm³/mol. The van der Waals surface area contributed by atoms with E-state index in [4.69, 9.17) is 0 Å². The zero-order valence-electron chi connectivity index (χ0n) is 18.4. The van der Waals surface area contributed by atoms with Gasteiger partial charge in [-0.15, -0.1) is 11.8 Å². The molecule has 1 heterocycles. The molecule has 0 saturated carbocycles. The Morgan fingerprint density at radius 1 is 0.970 bits per heavy atom. The van der Waals surface area contributed by atoms with Gasteiger partial charge in [0.15, 0.2) is 0 Å². The second kappa shape index (κ2) is 10.0. The number of hydrogen-bond donors (Lipinski definition) is 2. The molecule has 2 unspecified atom stereocenters. The average molecular weight is 459 g/mol. The maximum absolute atomic E-state index is 13.3. The van der Waals surface area contributed by atoms with E-state index < -0.39 is 10.7 Å². The molecule has 0 bridgehead atoms. The molecule has 5 nitrogen and oxygen atoms in total. The number of hydrogen-bond acceptors (Lipinski definition) is 4. The SMILES string of the molecule is CCC1(c2ccc(NC(=O)C(Sc3ccccc3)c3ccccc3)cc2)CCC(=O)NC1=O. The quantitative estimate of drug-likeness (QED) is 0.375. The topological polar surface area (TPSA) is 75.3 Å². The Kier molecular flexibility index (Phi) is 6.94. The first-order valence-corrected chi connectivity index (χ1v) is 11.9. The van der Waals surface area contributed by atoms with E-state index >= 15 is 0 Å². The smallest absolute Gasteiger partial charge is 0.242 e. The summed E-state index contributed by atoms with van der Waals surface area (Å²) in [6, 6.07) is 26.9. The summed E-state index contributed by atoms with van der Waals surface area (Å²) in [5.74, 6) is -0.591. The van der Waals surface area contributed by atoms with E-state index in [2.05, 4.69) is 10.6 Å². The molecule has 2 atom stereocenters. The summed E-state index contributed by atoms with van der Waals surface area (Å²) >= 11 is 1.50. The van der Waals surface area contributed by atoms with E-state index in [0.717, 1.165) is 16.0 Å². The molecule has 33 heavy (non-hydrogen) atoms. The fourth-order valence-corrected chi connectivity index (χ4v) is 5.23. The maximum Gasteiger partial charge on any atom is 0.242 e. The van der Waals surface area contributed by atoms with E-state index in [1.165, 1.54) is 11.8 Å². The number of benzene rings is 3. The molecule has 3 amide bonds. The van der Waals surface area contributed by atoms with Gasteiger partial charge in [-0.05, 0) is 48.2 Å². The van der Waals surface area contributed by atoms with Crippen LogP contribution in [-0.2, 0) is 19.8 Å². The van der Waals surface area contributed by atoms with E-state index in [0.29, 0.717) is 24.9 Å². The van der Waals surface area contributed by atoms with Gasteiger partial charge in [0.2, 0.25) is 17.7 Å². The van der Waals surface area contributed by atoms with Gasteiger partial charge in [0.25, 0.3) is 0 Å². The van der Waals surface area contributed by atoms with Crippen LogP contribution in [0.5, 0.6) is 0 Å². The number of nitrogens with one attached hydrogen (secondary N) is 2. The van der Waals surface area contributed by atoms with Gasteiger partial charge in [0, 0.05) is 17.0 Å². The summed E-state index contributed by atoms with van der Waals surface area (Å²) in [5, 5.41) is 5.09. The van der Waals surface area contributed by atoms with Crippen LogP contribution in [-0.4, -0.2) is 17.7 Å². The molecule has 1 fully saturated rings. The van der Waals surface area contributed by atoms with Crippen LogP contribution in [0.1, 0.15) is 42.6 Å². The number of anilines is 1. The molecule has 0 aliphatic carbocycles. The van der Waals surface area contributed by atoms with Gasteiger partial charge in [-0.2, -0.15) is 0 Å². The number of rotatable bonds is 7. The van der Waals surface area contributed by atoms with Crippen molar-refractivity contribution in [2.45, 2.75) is 41.7 Å². The van der Waals surface area contributed by atoms with Crippen molar-refractivity contribution in [3.63, 3.8) is 0 Å². The van der Waals surface area contributed by atoms with Crippen molar-refractivity contribution < 1.29 is 14.4 Å². The largest absolute Gasteiger partial charge is 0.325 e. The van der Waals surface area contributed by atoms with E-state index in [1.54, 1.807) is 0 Å². The first kappa shape index (κ1) is 22.8. The average Bonchev–Trinajstić information content (AvgIpc) is 2.85. The van der Waals surface area contributed by atoms with Gasteiger partial charge in [-0.3, -0.25) is 19.7 Å². The van der Waals surface area contributed by atoms with Crippen molar-refractivity contribution in [2.24, 2.45) is 0 Å². The molecule has 4 rings (SSSR count). The minimum absolute atomic E-state index is 0.117. The molecule has 0 spiro atoms. The second-order valence-corrected chi connectivity index (χ2v) is 9.28. The van der Waals surface area contributed by atoms with E-state index in [-0.39, 0.29) is 17.7 Å². The highest BCUT2D eigenvalue weighted by atomic mass is 32.2. The summed E-state index contributed by atoms with van der Waals surface area (Å²) in [5.41, 5.74) is 1.73. The van der Waals surface area contributed by atoms with Crippen molar-refractivity contribution in [2.75, 3.05) is 5.32 Å². The second-order valence-electron chi connectivity index (χ2n) is 8.10. The molecule has 1 aliphatic heterocycles. The first-order valence-electron chi connectivity index (χ1n) is 11.0. The Morgan fingerprint density at radius 3 is 2.21 bits per heavy atom. The molecule has 3 aromatic carbocycles. The highest BCUT2D eigenvalue weighted by Gasteiger charge is 2.42.